The van der Waals surface area contributed by atoms with Crippen LogP contribution in [0.3, 0.4) is 0 Å². The third-order valence-corrected chi connectivity index (χ3v) is 3.15. The van der Waals surface area contributed by atoms with Gasteiger partial charge < -0.3 is 4.74 Å². The van der Waals surface area contributed by atoms with Gasteiger partial charge >= 0.3 is 5.71 Å². The Morgan fingerprint density at radius 1 is 0.941 bits per heavy atom. The average molecular weight is 262 g/mol. The second kappa shape index (κ2) is 5.85. The van der Waals surface area contributed by atoms with E-state index < -0.39 is 0 Å². The number of ether oxygens (including phenoxy) is 1. The van der Waals surface area contributed by atoms with Gasteiger partial charge in [0.05, 0.1) is 0 Å². The van der Waals surface area contributed by atoms with E-state index in [9.17, 15) is 4.79 Å². The van der Waals surface area contributed by atoms with E-state index in [2.05, 4.69) is 12.1 Å². The summed E-state index contributed by atoms with van der Waals surface area (Å²) in [7, 11) is 1.98. The van der Waals surface area contributed by atoms with Crippen molar-refractivity contribution in [1.29, 1.82) is 0 Å². The van der Waals surface area contributed by atoms with Crippen LogP contribution in [0.5, 0.6) is 5.75 Å². The SMILES string of the molecule is O=C(P)Oc1ccc(Sc2ccccc2)cc1. The Bertz CT molecular complexity index is 497. The van der Waals surface area contributed by atoms with E-state index in [1.54, 1.807) is 23.9 Å². The van der Waals surface area contributed by atoms with E-state index in [-0.39, 0.29) is 5.71 Å². The van der Waals surface area contributed by atoms with Crippen molar-refractivity contribution < 1.29 is 9.53 Å². The minimum atomic E-state index is -0.381. The van der Waals surface area contributed by atoms with Gasteiger partial charge in [-0.05, 0) is 45.6 Å². The molecule has 2 aromatic rings. The van der Waals surface area contributed by atoms with Crippen LogP contribution >= 0.6 is 21.0 Å². The molecule has 17 heavy (non-hydrogen) atoms. The van der Waals surface area contributed by atoms with Gasteiger partial charge in [0.25, 0.3) is 0 Å². The van der Waals surface area contributed by atoms with Crippen LogP contribution in [0.15, 0.2) is 64.4 Å². The van der Waals surface area contributed by atoms with E-state index >= 15 is 0 Å². The largest absolute Gasteiger partial charge is 0.424 e. The highest BCUT2D eigenvalue weighted by Gasteiger charge is 1.99. The molecule has 2 rings (SSSR count). The molecule has 0 aliphatic rings. The fourth-order valence-corrected chi connectivity index (χ4v) is 2.29. The molecule has 0 fully saturated rings. The van der Waals surface area contributed by atoms with E-state index in [4.69, 9.17) is 4.74 Å². The Morgan fingerprint density at radius 3 is 2.12 bits per heavy atom. The lowest BCUT2D eigenvalue weighted by Crippen LogP contribution is -1.94. The second-order valence-electron chi connectivity index (χ2n) is 3.31. The molecule has 0 saturated carbocycles. The topological polar surface area (TPSA) is 26.3 Å². The van der Waals surface area contributed by atoms with Crippen LogP contribution < -0.4 is 4.74 Å². The predicted molar refractivity (Wildman–Crippen MR) is 72.7 cm³/mol. The molecule has 0 bridgehead atoms. The maximum Gasteiger partial charge on any atom is 0.325 e. The van der Waals surface area contributed by atoms with Crippen molar-refractivity contribution in [2.24, 2.45) is 0 Å². The average Bonchev–Trinajstić information content (AvgIpc) is 2.32. The maximum absolute atomic E-state index is 10.7. The molecular weight excluding hydrogens is 251 g/mol. The molecule has 4 heteroatoms. The van der Waals surface area contributed by atoms with Crippen LogP contribution in [-0.4, -0.2) is 5.71 Å². The summed E-state index contributed by atoms with van der Waals surface area (Å²) in [4.78, 5) is 13.0. The van der Waals surface area contributed by atoms with Crippen molar-refractivity contribution in [2.75, 3.05) is 0 Å². The van der Waals surface area contributed by atoms with Crippen molar-refractivity contribution in [3.8, 4) is 5.75 Å². The molecule has 2 nitrogen and oxygen atoms in total. The Labute approximate surface area is 107 Å². The molecule has 1 atom stereocenters. The number of carbonyl (C=O) groups excluding carboxylic acids is 1. The molecular formula is C13H11O2PS. The highest BCUT2D eigenvalue weighted by atomic mass is 32.2. The summed E-state index contributed by atoms with van der Waals surface area (Å²) in [5, 5.41) is 0. The smallest absolute Gasteiger partial charge is 0.325 e. The zero-order valence-corrected chi connectivity index (χ0v) is 11.0. The molecule has 1 unspecified atom stereocenters. The minimum Gasteiger partial charge on any atom is -0.424 e. The molecule has 0 radical (unpaired) electrons. The maximum atomic E-state index is 10.7. The summed E-state index contributed by atoms with van der Waals surface area (Å²) in [6.45, 7) is 0. The lowest BCUT2D eigenvalue weighted by molar-refractivity contribution is 0.227. The molecule has 0 heterocycles. The number of rotatable bonds is 3. The van der Waals surface area contributed by atoms with Gasteiger partial charge in [0.15, 0.2) is 0 Å². The highest BCUT2D eigenvalue weighted by Crippen LogP contribution is 2.28. The summed E-state index contributed by atoms with van der Waals surface area (Å²) >= 11 is 1.67. The van der Waals surface area contributed by atoms with Gasteiger partial charge in [-0.2, -0.15) is 0 Å². The predicted octanol–water partition coefficient (Wildman–Crippen LogP) is 4.21. The summed E-state index contributed by atoms with van der Waals surface area (Å²) < 4.78 is 4.93. The summed E-state index contributed by atoms with van der Waals surface area (Å²) in [5.74, 6) is 0.558. The number of benzene rings is 2. The van der Waals surface area contributed by atoms with Crippen molar-refractivity contribution in [3.05, 3.63) is 54.6 Å². The Balaban J connectivity index is 2.06. The third-order valence-electron chi connectivity index (χ3n) is 2.02. The fourth-order valence-electron chi connectivity index (χ4n) is 1.32. The molecule has 0 amide bonds. The quantitative estimate of drug-likeness (QED) is 0.775. The minimum absolute atomic E-state index is 0.381. The summed E-state index contributed by atoms with van der Waals surface area (Å²) in [6.07, 6.45) is 0. The molecule has 2 aromatic carbocycles. The van der Waals surface area contributed by atoms with E-state index in [0.717, 1.165) is 4.90 Å². The highest BCUT2D eigenvalue weighted by molar-refractivity contribution is 7.99. The van der Waals surface area contributed by atoms with E-state index in [1.165, 1.54) is 4.90 Å². The van der Waals surface area contributed by atoms with Gasteiger partial charge in [0.2, 0.25) is 0 Å². The van der Waals surface area contributed by atoms with Crippen molar-refractivity contribution in [1.82, 2.24) is 0 Å². The normalized spacial score (nSPS) is 9.94. The van der Waals surface area contributed by atoms with Crippen molar-refractivity contribution in [3.63, 3.8) is 0 Å². The lowest BCUT2D eigenvalue weighted by Gasteiger charge is -2.03. The number of hydrogen-bond acceptors (Lipinski definition) is 3. The Kier molecular flexibility index (Phi) is 4.18. The Morgan fingerprint density at radius 2 is 1.53 bits per heavy atom. The first-order chi connectivity index (χ1) is 8.24. The van der Waals surface area contributed by atoms with Gasteiger partial charge in [-0.25, -0.2) is 4.79 Å². The molecule has 0 N–H and O–H groups in total. The third kappa shape index (κ3) is 3.88. The van der Waals surface area contributed by atoms with Gasteiger partial charge in [-0.3, -0.25) is 0 Å². The standard InChI is InChI=1S/C13H11O2PS/c14-13(16)15-10-6-8-12(9-7-10)17-11-4-2-1-3-5-11/h1-9H,16H2. The van der Waals surface area contributed by atoms with E-state index in [0.29, 0.717) is 5.75 Å². The van der Waals surface area contributed by atoms with Gasteiger partial charge in [-0.15, -0.1) is 0 Å². The Hall–Kier alpha value is -1.31. The second-order valence-corrected chi connectivity index (χ2v) is 4.93. The first kappa shape index (κ1) is 12.2. The van der Waals surface area contributed by atoms with Crippen LogP contribution in [-0.2, 0) is 0 Å². The summed E-state index contributed by atoms with van der Waals surface area (Å²) in [6, 6.07) is 17.6. The zero-order chi connectivity index (χ0) is 12.1. The molecule has 86 valence electrons. The monoisotopic (exact) mass is 262 g/mol. The fraction of sp³-hybridized carbons (Fsp3) is 0. The van der Waals surface area contributed by atoms with Crippen LogP contribution in [0.4, 0.5) is 4.79 Å². The summed E-state index contributed by atoms with van der Waals surface area (Å²) in [5.41, 5.74) is -0.381. The molecule has 0 aliphatic heterocycles. The molecule has 0 saturated heterocycles. The molecule has 0 spiro atoms. The van der Waals surface area contributed by atoms with Gasteiger partial charge in [0.1, 0.15) is 5.75 Å². The zero-order valence-electron chi connectivity index (χ0n) is 9.00. The van der Waals surface area contributed by atoms with Crippen molar-refractivity contribution >= 4 is 26.7 Å². The van der Waals surface area contributed by atoms with E-state index in [1.807, 2.05) is 39.6 Å². The van der Waals surface area contributed by atoms with Crippen LogP contribution in [0.1, 0.15) is 0 Å². The van der Waals surface area contributed by atoms with Crippen molar-refractivity contribution in [2.45, 2.75) is 9.79 Å². The van der Waals surface area contributed by atoms with Crippen LogP contribution in [0.2, 0.25) is 0 Å². The van der Waals surface area contributed by atoms with Crippen LogP contribution in [0, 0.1) is 0 Å². The molecule has 0 aliphatic carbocycles. The van der Waals surface area contributed by atoms with Gasteiger partial charge in [-0.1, -0.05) is 30.0 Å². The molecule has 0 aromatic heterocycles. The van der Waals surface area contributed by atoms with Crippen LogP contribution in [0.25, 0.3) is 0 Å². The first-order valence-electron chi connectivity index (χ1n) is 5.04. The first-order valence-corrected chi connectivity index (χ1v) is 6.44. The van der Waals surface area contributed by atoms with Gasteiger partial charge in [0, 0.05) is 9.79 Å². The number of hydrogen-bond donors (Lipinski definition) is 0. The lowest BCUT2D eigenvalue weighted by atomic mass is 10.3. The number of carbonyl (C=O) groups is 1.